The normalized spacial score (nSPS) is 8.25. The Morgan fingerprint density at radius 2 is 2.00 bits per heavy atom. The maximum absolute atomic E-state index is 8.63. The Labute approximate surface area is 70.4 Å². The number of ether oxygens (including phenoxy) is 1. The molecule has 0 fully saturated rings. The molecule has 0 bridgehead atoms. The van der Waals surface area contributed by atoms with Crippen molar-refractivity contribution in [3.63, 3.8) is 0 Å². The molecule has 1 aromatic carbocycles. The highest BCUT2D eigenvalue weighted by atomic mass is 16.5. The predicted octanol–water partition coefficient (Wildman–Crippen LogP) is 1.44. The minimum atomic E-state index is 0.386. The summed E-state index contributed by atoms with van der Waals surface area (Å²) in [5, 5.41) is 17.2. The van der Waals surface area contributed by atoms with Crippen LogP contribution in [-0.2, 0) is 0 Å². The molecule has 0 saturated carbocycles. The Hall–Kier alpha value is -2.00. The third kappa shape index (κ3) is 1.36. The molecule has 1 rings (SSSR count). The lowest BCUT2D eigenvalue weighted by Crippen LogP contribution is -1.88. The summed E-state index contributed by atoms with van der Waals surface area (Å²) in [5.74, 6) is 0.497. The molecule has 0 N–H and O–H groups in total. The van der Waals surface area contributed by atoms with Gasteiger partial charge in [-0.2, -0.15) is 10.5 Å². The highest BCUT2D eigenvalue weighted by Crippen LogP contribution is 2.17. The largest absolute Gasteiger partial charge is 0.495 e. The zero-order chi connectivity index (χ0) is 8.97. The van der Waals surface area contributed by atoms with Crippen LogP contribution >= 0.6 is 0 Å². The van der Waals surface area contributed by atoms with Crippen LogP contribution in [0.25, 0.3) is 0 Å². The van der Waals surface area contributed by atoms with Crippen molar-refractivity contribution >= 4 is 0 Å². The maximum atomic E-state index is 8.63. The Balaban J connectivity index is 3.24. The van der Waals surface area contributed by atoms with Crippen molar-refractivity contribution in [1.29, 1.82) is 10.5 Å². The lowest BCUT2D eigenvalue weighted by molar-refractivity contribution is 0.413. The Kier molecular flexibility index (Phi) is 2.30. The van der Waals surface area contributed by atoms with Gasteiger partial charge in [-0.05, 0) is 18.2 Å². The Morgan fingerprint density at radius 3 is 2.50 bits per heavy atom. The van der Waals surface area contributed by atoms with E-state index < -0.39 is 0 Å². The van der Waals surface area contributed by atoms with E-state index in [0.717, 1.165) is 0 Å². The molecule has 0 radical (unpaired) electrons. The van der Waals surface area contributed by atoms with Crippen molar-refractivity contribution in [2.75, 3.05) is 7.11 Å². The summed E-state index contributed by atoms with van der Waals surface area (Å²) in [4.78, 5) is 0. The molecule has 0 unspecified atom stereocenters. The first-order valence-electron chi connectivity index (χ1n) is 3.30. The van der Waals surface area contributed by atoms with Gasteiger partial charge in [-0.25, -0.2) is 0 Å². The lowest BCUT2D eigenvalue weighted by atomic mass is 10.1. The van der Waals surface area contributed by atoms with Gasteiger partial charge in [0.25, 0.3) is 0 Å². The summed E-state index contributed by atoms with van der Waals surface area (Å²) < 4.78 is 4.90. The van der Waals surface area contributed by atoms with Gasteiger partial charge in [-0.3, -0.25) is 0 Å². The average molecular weight is 158 g/mol. The lowest BCUT2D eigenvalue weighted by Gasteiger charge is -2.00. The maximum Gasteiger partial charge on any atom is 0.136 e. The number of hydrogen-bond acceptors (Lipinski definition) is 3. The molecule has 0 aliphatic rings. The molecule has 0 aromatic heterocycles. The van der Waals surface area contributed by atoms with E-state index in [2.05, 4.69) is 0 Å². The van der Waals surface area contributed by atoms with E-state index in [-0.39, 0.29) is 0 Å². The molecular weight excluding hydrogens is 152 g/mol. The summed E-state index contributed by atoms with van der Waals surface area (Å²) in [6, 6.07) is 8.61. The van der Waals surface area contributed by atoms with Crippen LogP contribution in [0.15, 0.2) is 18.2 Å². The minimum absolute atomic E-state index is 0.386. The zero-order valence-electron chi connectivity index (χ0n) is 6.53. The highest BCUT2D eigenvalue weighted by molar-refractivity contribution is 5.48. The molecule has 3 heteroatoms. The number of rotatable bonds is 1. The SMILES string of the molecule is COc1ccc(C#N)cc1C#N. The van der Waals surface area contributed by atoms with Gasteiger partial charge in [0.1, 0.15) is 11.8 Å². The van der Waals surface area contributed by atoms with Crippen molar-refractivity contribution in [3.05, 3.63) is 29.3 Å². The van der Waals surface area contributed by atoms with Crippen LogP contribution in [0.2, 0.25) is 0 Å². The number of benzene rings is 1. The standard InChI is InChI=1S/C9H6N2O/c1-12-9-3-2-7(5-10)4-8(9)6-11/h2-4H,1H3. The first kappa shape index (κ1) is 8.10. The second-order valence-corrected chi connectivity index (χ2v) is 2.14. The fraction of sp³-hybridized carbons (Fsp3) is 0.111. The second-order valence-electron chi connectivity index (χ2n) is 2.14. The quantitative estimate of drug-likeness (QED) is 0.621. The molecule has 12 heavy (non-hydrogen) atoms. The van der Waals surface area contributed by atoms with Gasteiger partial charge in [0, 0.05) is 0 Å². The minimum Gasteiger partial charge on any atom is -0.495 e. The van der Waals surface area contributed by atoms with E-state index >= 15 is 0 Å². The van der Waals surface area contributed by atoms with Crippen LogP contribution in [0, 0.1) is 22.7 Å². The van der Waals surface area contributed by atoms with Crippen molar-refractivity contribution in [2.24, 2.45) is 0 Å². The van der Waals surface area contributed by atoms with Gasteiger partial charge in [-0.15, -0.1) is 0 Å². The van der Waals surface area contributed by atoms with Crippen LogP contribution in [0.4, 0.5) is 0 Å². The smallest absolute Gasteiger partial charge is 0.136 e. The third-order valence-corrected chi connectivity index (χ3v) is 1.45. The molecule has 0 heterocycles. The fourth-order valence-electron chi connectivity index (χ4n) is 0.865. The molecule has 0 amide bonds. The van der Waals surface area contributed by atoms with Crippen molar-refractivity contribution < 1.29 is 4.74 Å². The van der Waals surface area contributed by atoms with Crippen LogP contribution in [0.5, 0.6) is 5.75 Å². The van der Waals surface area contributed by atoms with E-state index in [1.54, 1.807) is 12.1 Å². The van der Waals surface area contributed by atoms with E-state index in [1.807, 2.05) is 12.1 Å². The molecule has 0 aliphatic carbocycles. The first-order chi connectivity index (χ1) is 5.81. The molecule has 0 aliphatic heterocycles. The van der Waals surface area contributed by atoms with E-state index in [4.69, 9.17) is 15.3 Å². The summed E-state index contributed by atoms with van der Waals surface area (Å²) >= 11 is 0. The first-order valence-corrected chi connectivity index (χ1v) is 3.30. The van der Waals surface area contributed by atoms with Gasteiger partial charge in [0.15, 0.2) is 0 Å². The topological polar surface area (TPSA) is 56.8 Å². The zero-order valence-corrected chi connectivity index (χ0v) is 6.53. The molecule has 0 spiro atoms. The van der Waals surface area contributed by atoms with Gasteiger partial charge in [0.2, 0.25) is 0 Å². The molecule has 3 nitrogen and oxygen atoms in total. The number of methoxy groups -OCH3 is 1. The summed E-state index contributed by atoms with van der Waals surface area (Å²) in [6.07, 6.45) is 0. The molecular formula is C9H6N2O. The van der Waals surface area contributed by atoms with Crippen LogP contribution < -0.4 is 4.74 Å². The number of nitriles is 2. The van der Waals surface area contributed by atoms with E-state index in [0.29, 0.717) is 16.9 Å². The number of nitrogens with zero attached hydrogens (tertiary/aromatic N) is 2. The second kappa shape index (κ2) is 3.41. The van der Waals surface area contributed by atoms with Gasteiger partial charge >= 0.3 is 0 Å². The monoisotopic (exact) mass is 158 g/mol. The van der Waals surface area contributed by atoms with Gasteiger partial charge < -0.3 is 4.74 Å². The summed E-state index contributed by atoms with van der Waals surface area (Å²) in [5.41, 5.74) is 0.851. The molecule has 0 atom stereocenters. The molecule has 0 saturated heterocycles. The van der Waals surface area contributed by atoms with Crippen LogP contribution in [0.3, 0.4) is 0 Å². The summed E-state index contributed by atoms with van der Waals surface area (Å²) in [6.45, 7) is 0. The Morgan fingerprint density at radius 1 is 1.25 bits per heavy atom. The molecule has 1 aromatic rings. The van der Waals surface area contributed by atoms with Gasteiger partial charge in [0.05, 0.1) is 24.3 Å². The Bertz CT molecular complexity index is 371. The van der Waals surface area contributed by atoms with Crippen molar-refractivity contribution in [3.8, 4) is 17.9 Å². The van der Waals surface area contributed by atoms with Gasteiger partial charge in [-0.1, -0.05) is 0 Å². The van der Waals surface area contributed by atoms with Crippen LogP contribution in [0.1, 0.15) is 11.1 Å². The van der Waals surface area contributed by atoms with Crippen molar-refractivity contribution in [1.82, 2.24) is 0 Å². The number of hydrogen-bond donors (Lipinski definition) is 0. The molecule has 58 valence electrons. The van der Waals surface area contributed by atoms with E-state index in [1.165, 1.54) is 13.2 Å². The van der Waals surface area contributed by atoms with E-state index in [9.17, 15) is 0 Å². The average Bonchev–Trinajstić information content (AvgIpc) is 2.16. The highest BCUT2D eigenvalue weighted by Gasteiger charge is 2.01. The fourth-order valence-corrected chi connectivity index (χ4v) is 0.865. The third-order valence-electron chi connectivity index (χ3n) is 1.45. The van der Waals surface area contributed by atoms with Crippen LogP contribution in [-0.4, -0.2) is 7.11 Å². The summed E-state index contributed by atoms with van der Waals surface area (Å²) in [7, 11) is 1.49. The predicted molar refractivity (Wildman–Crippen MR) is 42.4 cm³/mol. The van der Waals surface area contributed by atoms with Crippen molar-refractivity contribution in [2.45, 2.75) is 0 Å².